The van der Waals surface area contributed by atoms with Crippen LogP contribution in [-0.2, 0) is 18.4 Å². The van der Waals surface area contributed by atoms with Gasteiger partial charge in [-0.25, -0.2) is 0 Å². The van der Waals surface area contributed by atoms with Crippen LogP contribution in [0.25, 0.3) is 0 Å². The fourth-order valence-corrected chi connectivity index (χ4v) is 4.03. The van der Waals surface area contributed by atoms with Crippen molar-refractivity contribution in [1.82, 2.24) is 0 Å². The van der Waals surface area contributed by atoms with Crippen LogP contribution in [-0.4, -0.2) is 38.7 Å². The molecule has 2 aromatic rings. The molecule has 4 N–H and O–H groups in total. The van der Waals surface area contributed by atoms with Gasteiger partial charge in [-0.15, -0.1) is 0 Å². The molecule has 0 radical (unpaired) electrons. The van der Waals surface area contributed by atoms with E-state index in [1.54, 1.807) is 0 Å². The summed E-state index contributed by atoms with van der Waals surface area (Å²) in [5.41, 5.74) is 1.42. The number of aryl methyl sites for hydroxylation is 1. The van der Waals surface area contributed by atoms with Gasteiger partial charge in [-0.3, -0.25) is 0 Å². The van der Waals surface area contributed by atoms with Crippen molar-refractivity contribution in [3.63, 3.8) is 0 Å². The van der Waals surface area contributed by atoms with Crippen molar-refractivity contribution in [3.8, 4) is 0 Å². The quantitative estimate of drug-likeness (QED) is 0.663. The number of hydrogen-bond acceptors (Lipinski definition) is 4. The number of aliphatic hydroxyl groups excluding tert-OH is 2. The molecule has 0 amide bonds. The molecule has 0 aromatic heterocycles. The van der Waals surface area contributed by atoms with Crippen molar-refractivity contribution in [2.75, 3.05) is 6.61 Å². The lowest BCUT2D eigenvalue weighted by atomic mass is 9.70. The first-order chi connectivity index (χ1) is 12.4. The van der Waals surface area contributed by atoms with Crippen molar-refractivity contribution in [1.29, 1.82) is 0 Å². The first-order valence-corrected chi connectivity index (χ1v) is 9.27. The van der Waals surface area contributed by atoms with Crippen LogP contribution in [0.3, 0.4) is 0 Å². The number of rotatable bonds is 5. The summed E-state index contributed by atoms with van der Waals surface area (Å²) in [5, 5.41) is 41.1. The van der Waals surface area contributed by atoms with Crippen molar-refractivity contribution < 1.29 is 20.4 Å². The Bertz CT molecular complexity index is 742. The van der Waals surface area contributed by atoms with Gasteiger partial charge in [0.1, 0.15) is 0 Å². The SMILES string of the molecule is CCc1ccc(Cc2cccc([C@@]3(O)C[C@@H](O)C[C@@](O)(CO)C3)c2)cc1. The minimum atomic E-state index is -1.46. The van der Waals surface area contributed by atoms with E-state index in [1.165, 1.54) is 11.1 Å². The molecule has 4 heteroatoms. The highest BCUT2D eigenvalue weighted by molar-refractivity contribution is 5.34. The largest absolute Gasteiger partial charge is 0.393 e. The maximum Gasteiger partial charge on any atom is 0.0949 e. The van der Waals surface area contributed by atoms with E-state index in [0.717, 1.165) is 18.4 Å². The van der Waals surface area contributed by atoms with Crippen molar-refractivity contribution >= 4 is 0 Å². The Labute approximate surface area is 154 Å². The van der Waals surface area contributed by atoms with Gasteiger partial charge in [0.25, 0.3) is 0 Å². The molecule has 1 aliphatic rings. The Morgan fingerprint density at radius 1 is 0.962 bits per heavy atom. The normalized spacial score (nSPS) is 28.9. The standard InChI is InChI=1S/C22H28O4/c1-2-16-6-8-17(9-7-16)10-18-4-3-5-19(11-18)22(26)13-20(24)12-21(25,14-22)15-23/h3-9,11,20,23-26H,2,10,12-15H2,1H3/t20-,21-,22+/m0/s1. The van der Waals surface area contributed by atoms with Crippen molar-refractivity contribution in [2.24, 2.45) is 0 Å². The van der Waals surface area contributed by atoms with Gasteiger partial charge < -0.3 is 20.4 Å². The van der Waals surface area contributed by atoms with Crippen LogP contribution in [0.1, 0.15) is 48.4 Å². The molecule has 0 saturated heterocycles. The summed E-state index contributed by atoms with van der Waals surface area (Å²) >= 11 is 0. The Morgan fingerprint density at radius 3 is 2.31 bits per heavy atom. The minimum Gasteiger partial charge on any atom is -0.393 e. The third-order valence-electron chi connectivity index (χ3n) is 5.41. The zero-order valence-corrected chi connectivity index (χ0v) is 15.2. The first-order valence-electron chi connectivity index (χ1n) is 9.27. The highest BCUT2D eigenvalue weighted by Gasteiger charge is 2.47. The summed E-state index contributed by atoms with van der Waals surface area (Å²) in [5.74, 6) is 0. The van der Waals surface area contributed by atoms with E-state index in [2.05, 4.69) is 31.2 Å². The number of benzene rings is 2. The molecular weight excluding hydrogens is 328 g/mol. The van der Waals surface area contributed by atoms with Crippen LogP contribution in [0, 0.1) is 0 Å². The molecule has 3 atom stereocenters. The van der Waals surface area contributed by atoms with Gasteiger partial charge in [0.15, 0.2) is 0 Å². The van der Waals surface area contributed by atoms with Crippen LogP contribution in [0.5, 0.6) is 0 Å². The highest BCUT2D eigenvalue weighted by atomic mass is 16.3. The second-order valence-electron chi connectivity index (χ2n) is 7.70. The van der Waals surface area contributed by atoms with E-state index in [9.17, 15) is 20.4 Å². The molecule has 0 unspecified atom stereocenters. The minimum absolute atomic E-state index is 0.0161. The Hall–Kier alpha value is -1.72. The number of aliphatic hydroxyl groups is 4. The number of hydrogen-bond donors (Lipinski definition) is 4. The lowest BCUT2D eigenvalue weighted by Crippen LogP contribution is -2.51. The average Bonchev–Trinajstić information content (AvgIpc) is 2.62. The predicted octanol–water partition coefficient (Wildman–Crippen LogP) is 2.30. The highest BCUT2D eigenvalue weighted by Crippen LogP contribution is 2.42. The molecule has 2 aromatic carbocycles. The molecule has 0 aliphatic heterocycles. The Balaban J connectivity index is 1.83. The smallest absolute Gasteiger partial charge is 0.0949 e. The summed E-state index contributed by atoms with van der Waals surface area (Å²) in [7, 11) is 0. The summed E-state index contributed by atoms with van der Waals surface area (Å²) < 4.78 is 0. The summed E-state index contributed by atoms with van der Waals surface area (Å²) in [6.45, 7) is 1.65. The summed E-state index contributed by atoms with van der Waals surface area (Å²) in [4.78, 5) is 0. The van der Waals surface area contributed by atoms with Gasteiger partial charge in [0, 0.05) is 19.3 Å². The Morgan fingerprint density at radius 2 is 1.65 bits per heavy atom. The molecule has 1 saturated carbocycles. The Kier molecular flexibility index (Phi) is 5.49. The van der Waals surface area contributed by atoms with Crippen LogP contribution in [0.2, 0.25) is 0 Å². The van der Waals surface area contributed by atoms with E-state index in [4.69, 9.17) is 0 Å². The molecule has 140 valence electrons. The van der Waals surface area contributed by atoms with Crippen LogP contribution in [0.4, 0.5) is 0 Å². The third kappa shape index (κ3) is 4.15. The summed E-state index contributed by atoms with van der Waals surface area (Å²) in [6, 6.07) is 16.2. The maximum atomic E-state index is 11.1. The molecular formula is C22H28O4. The third-order valence-corrected chi connectivity index (χ3v) is 5.41. The van der Waals surface area contributed by atoms with Gasteiger partial charge in [0.05, 0.1) is 23.9 Å². The lowest BCUT2D eigenvalue weighted by Gasteiger charge is -2.44. The van der Waals surface area contributed by atoms with Gasteiger partial charge in [-0.2, -0.15) is 0 Å². The van der Waals surface area contributed by atoms with E-state index < -0.39 is 23.9 Å². The lowest BCUT2D eigenvalue weighted by molar-refractivity contribution is -0.158. The second kappa shape index (κ2) is 7.49. The topological polar surface area (TPSA) is 80.9 Å². The average molecular weight is 356 g/mol. The van der Waals surface area contributed by atoms with Gasteiger partial charge >= 0.3 is 0 Å². The molecule has 1 aliphatic carbocycles. The van der Waals surface area contributed by atoms with Crippen LogP contribution < -0.4 is 0 Å². The zero-order chi connectivity index (χ0) is 18.8. The predicted molar refractivity (Wildman–Crippen MR) is 101 cm³/mol. The molecule has 0 spiro atoms. The fraction of sp³-hybridized carbons (Fsp3) is 0.455. The van der Waals surface area contributed by atoms with E-state index in [0.29, 0.717) is 5.56 Å². The van der Waals surface area contributed by atoms with Gasteiger partial charge in [0.2, 0.25) is 0 Å². The summed E-state index contributed by atoms with van der Waals surface area (Å²) in [6.07, 6.45) is 1.16. The van der Waals surface area contributed by atoms with Crippen molar-refractivity contribution in [2.45, 2.75) is 56.3 Å². The van der Waals surface area contributed by atoms with E-state index in [1.807, 2.05) is 24.3 Å². The van der Waals surface area contributed by atoms with Crippen LogP contribution >= 0.6 is 0 Å². The molecule has 0 bridgehead atoms. The van der Waals surface area contributed by atoms with E-state index in [-0.39, 0.29) is 19.3 Å². The maximum absolute atomic E-state index is 11.1. The van der Waals surface area contributed by atoms with Crippen LogP contribution in [0.15, 0.2) is 48.5 Å². The fourth-order valence-electron chi connectivity index (χ4n) is 4.03. The molecule has 3 rings (SSSR count). The van der Waals surface area contributed by atoms with Crippen molar-refractivity contribution in [3.05, 3.63) is 70.8 Å². The molecule has 4 nitrogen and oxygen atoms in total. The second-order valence-corrected chi connectivity index (χ2v) is 7.70. The monoisotopic (exact) mass is 356 g/mol. The first kappa shape index (κ1) is 19.1. The van der Waals surface area contributed by atoms with Gasteiger partial charge in [-0.1, -0.05) is 55.5 Å². The molecule has 0 heterocycles. The van der Waals surface area contributed by atoms with E-state index >= 15 is 0 Å². The molecule has 26 heavy (non-hydrogen) atoms. The molecule has 1 fully saturated rings. The van der Waals surface area contributed by atoms with Gasteiger partial charge in [-0.05, 0) is 35.1 Å². The zero-order valence-electron chi connectivity index (χ0n) is 15.2.